The molecule has 0 aliphatic rings. The minimum absolute atomic E-state index is 0.00365. The summed E-state index contributed by atoms with van der Waals surface area (Å²) < 4.78 is 0. The molecule has 0 spiro atoms. The zero-order valence-electron chi connectivity index (χ0n) is 11.4. The Morgan fingerprint density at radius 2 is 1.72 bits per heavy atom. The molecule has 0 aliphatic carbocycles. The van der Waals surface area contributed by atoms with Crippen LogP contribution in [0.1, 0.15) is 33.1 Å². The van der Waals surface area contributed by atoms with Gasteiger partial charge >= 0.3 is 6.03 Å². The van der Waals surface area contributed by atoms with Gasteiger partial charge in [0.15, 0.2) is 0 Å². The fraction of sp³-hybridized carbons (Fsp3) is 0.833. The number of nitrogens with one attached hydrogen (secondary N) is 2. The Hall–Kier alpha value is -1.30. The van der Waals surface area contributed by atoms with Gasteiger partial charge in [0, 0.05) is 19.5 Å². The van der Waals surface area contributed by atoms with Crippen LogP contribution in [-0.2, 0) is 4.79 Å². The third-order valence-corrected chi connectivity index (χ3v) is 2.97. The highest BCUT2D eigenvalue weighted by atomic mass is 16.2. The Morgan fingerprint density at radius 1 is 1.11 bits per heavy atom. The molecule has 0 saturated carbocycles. The standard InChI is InChI=1S/C12H26N4O2/c1-9(2)10(5-6-13)3-4-11(17)15-7-8-16-12(14)18/h9-10H,3-8,13H2,1-2H3,(H,15,17)(H3,14,16,18). The molecule has 0 heterocycles. The Morgan fingerprint density at radius 3 is 2.22 bits per heavy atom. The highest BCUT2D eigenvalue weighted by Gasteiger charge is 2.14. The highest BCUT2D eigenvalue weighted by molar-refractivity contribution is 5.76. The second-order valence-electron chi connectivity index (χ2n) is 4.76. The maximum atomic E-state index is 11.5. The van der Waals surface area contributed by atoms with E-state index in [1.54, 1.807) is 0 Å². The number of rotatable bonds is 9. The van der Waals surface area contributed by atoms with E-state index in [-0.39, 0.29) is 5.91 Å². The smallest absolute Gasteiger partial charge is 0.312 e. The molecule has 1 atom stereocenters. The molecule has 0 fully saturated rings. The molecule has 0 aliphatic heterocycles. The summed E-state index contributed by atoms with van der Waals surface area (Å²) in [7, 11) is 0. The molecule has 6 N–H and O–H groups in total. The minimum atomic E-state index is -0.577. The van der Waals surface area contributed by atoms with Gasteiger partial charge in [-0.2, -0.15) is 0 Å². The fourth-order valence-corrected chi connectivity index (χ4v) is 1.82. The van der Waals surface area contributed by atoms with Crippen molar-refractivity contribution in [2.45, 2.75) is 33.1 Å². The van der Waals surface area contributed by atoms with Crippen LogP contribution in [0.25, 0.3) is 0 Å². The van der Waals surface area contributed by atoms with Crippen LogP contribution in [-0.4, -0.2) is 31.6 Å². The van der Waals surface area contributed by atoms with E-state index in [9.17, 15) is 9.59 Å². The van der Waals surface area contributed by atoms with E-state index < -0.39 is 6.03 Å². The molecule has 0 aromatic heterocycles. The average molecular weight is 258 g/mol. The quantitative estimate of drug-likeness (QED) is 0.442. The van der Waals surface area contributed by atoms with E-state index in [0.29, 0.717) is 37.9 Å². The van der Waals surface area contributed by atoms with E-state index in [0.717, 1.165) is 12.8 Å². The maximum absolute atomic E-state index is 11.5. The number of amides is 3. The van der Waals surface area contributed by atoms with Crippen LogP contribution in [0.3, 0.4) is 0 Å². The van der Waals surface area contributed by atoms with Gasteiger partial charge in [-0.3, -0.25) is 4.79 Å². The predicted octanol–water partition coefficient (Wildman–Crippen LogP) is 0.172. The fourth-order valence-electron chi connectivity index (χ4n) is 1.82. The molecule has 0 saturated heterocycles. The molecule has 0 radical (unpaired) electrons. The lowest BCUT2D eigenvalue weighted by molar-refractivity contribution is -0.121. The normalized spacial score (nSPS) is 12.2. The number of carbonyl (C=O) groups is 2. The monoisotopic (exact) mass is 258 g/mol. The number of hydrogen-bond donors (Lipinski definition) is 4. The second-order valence-corrected chi connectivity index (χ2v) is 4.76. The zero-order valence-corrected chi connectivity index (χ0v) is 11.4. The summed E-state index contributed by atoms with van der Waals surface area (Å²) >= 11 is 0. The number of hydrogen-bond acceptors (Lipinski definition) is 3. The van der Waals surface area contributed by atoms with E-state index in [4.69, 9.17) is 11.5 Å². The Bertz CT molecular complexity index is 256. The van der Waals surface area contributed by atoms with Crippen LogP contribution in [0.5, 0.6) is 0 Å². The lowest BCUT2D eigenvalue weighted by Crippen LogP contribution is -2.37. The molecule has 0 bridgehead atoms. The first-order valence-corrected chi connectivity index (χ1v) is 6.47. The van der Waals surface area contributed by atoms with Crippen molar-refractivity contribution in [2.24, 2.45) is 23.3 Å². The minimum Gasteiger partial charge on any atom is -0.354 e. The van der Waals surface area contributed by atoms with Gasteiger partial charge < -0.3 is 22.1 Å². The molecule has 6 heteroatoms. The first-order chi connectivity index (χ1) is 8.47. The topological polar surface area (TPSA) is 110 Å². The summed E-state index contributed by atoms with van der Waals surface area (Å²) in [5.74, 6) is 1.03. The zero-order chi connectivity index (χ0) is 14.0. The predicted molar refractivity (Wildman–Crippen MR) is 71.8 cm³/mol. The lowest BCUT2D eigenvalue weighted by Gasteiger charge is -2.19. The molecule has 1 unspecified atom stereocenters. The molecule has 0 aromatic carbocycles. The summed E-state index contributed by atoms with van der Waals surface area (Å²) in [6.07, 6.45) is 2.30. The lowest BCUT2D eigenvalue weighted by atomic mass is 9.88. The average Bonchev–Trinajstić information content (AvgIpc) is 2.29. The van der Waals surface area contributed by atoms with Gasteiger partial charge in [-0.1, -0.05) is 13.8 Å². The highest BCUT2D eigenvalue weighted by Crippen LogP contribution is 2.20. The van der Waals surface area contributed by atoms with Gasteiger partial charge in [-0.15, -0.1) is 0 Å². The van der Waals surface area contributed by atoms with E-state index in [1.807, 2.05) is 0 Å². The molecule has 18 heavy (non-hydrogen) atoms. The SMILES string of the molecule is CC(C)C(CCN)CCC(=O)NCCNC(N)=O. The molecule has 0 aromatic rings. The maximum Gasteiger partial charge on any atom is 0.312 e. The van der Waals surface area contributed by atoms with E-state index in [2.05, 4.69) is 24.5 Å². The van der Waals surface area contributed by atoms with Crippen molar-refractivity contribution >= 4 is 11.9 Å². The molecule has 6 nitrogen and oxygen atoms in total. The molecule has 3 amide bonds. The number of nitrogens with two attached hydrogens (primary N) is 2. The van der Waals surface area contributed by atoms with Crippen LogP contribution >= 0.6 is 0 Å². The third kappa shape index (κ3) is 8.81. The van der Waals surface area contributed by atoms with Crippen molar-refractivity contribution in [2.75, 3.05) is 19.6 Å². The van der Waals surface area contributed by atoms with Crippen molar-refractivity contribution in [1.82, 2.24) is 10.6 Å². The first kappa shape index (κ1) is 16.7. The number of carbonyl (C=O) groups excluding carboxylic acids is 2. The summed E-state index contributed by atoms with van der Waals surface area (Å²) in [5, 5.41) is 5.15. The summed E-state index contributed by atoms with van der Waals surface area (Å²) in [6.45, 7) is 5.72. The van der Waals surface area contributed by atoms with Crippen LogP contribution in [0, 0.1) is 11.8 Å². The van der Waals surface area contributed by atoms with Gasteiger partial charge in [0.05, 0.1) is 0 Å². The van der Waals surface area contributed by atoms with Crippen molar-refractivity contribution in [3.8, 4) is 0 Å². The molecule has 0 rings (SSSR count). The van der Waals surface area contributed by atoms with E-state index >= 15 is 0 Å². The number of urea groups is 1. The molecular formula is C12H26N4O2. The summed E-state index contributed by atoms with van der Waals surface area (Å²) in [4.78, 5) is 21.9. The third-order valence-electron chi connectivity index (χ3n) is 2.97. The number of primary amides is 1. The summed E-state index contributed by atoms with van der Waals surface area (Å²) in [5.41, 5.74) is 10.4. The van der Waals surface area contributed by atoms with Gasteiger partial charge in [0.25, 0.3) is 0 Å². The summed E-state index contributed by atoms with van der Waals surface area (Å²) in [6, 6.07) is -0.577. The Balaban J connectivity index is 3.70. The van der Waals surface area contributed by atoms with Gasteiger partial charge in [-0.25, -0.2) is 4.79 Å². The Kier molecular flexibility index (Phi) is 9.00. The van der Waals surface area contributed by atoms with Gasteiger partial charge in [0.1, 0.15) is 0 Å². The van der Waals surface area contributed by atoms with Crippen molar-refractivity contribution in [1.29, 1.82) is 0 Å². The van der Waals surface area contributed by atoms with Crippen molar-refractivity contribution in [3.63, 3.8) is 0 Å². The van der Waals surface area contributed by atoms with Crippen molar-refractivity contribution < 1.29 is 9.59 Å². The first-order valence-electron chi connectivity index (χ1n) is 6.47. The van der Waals surface area contributed by atoms with Crippen molar-refractivity contribution in [3.05, 3.63) is 0 Å². The molecule has 106 valence electrons. The van der Waals surface area contributed by atoms with E-state index in [1.165, 1.54) is 0 Å². The van der Waals surface area contributed by atoms with Gasteiger partial charge in [0.2, 0.25) is 5.91 Å². The van der Waals surface area contributed by atoms with Crippen LogP contribution in [0.4, 0.5) is 4.79 Å². The second kappa shape index (κ2) is 9.70. The molecular weight excluding hydrogens is 232 g/mol. The van der Waals surface area contributed by atoms with Crippen LogP contribution < -0.4 is 22.1 Å². The Labute approximate surface area is 109 Å². The van der Waals surface area contributed by atoms with Crippen LogP contribution in [0.2, 0.25) is 0 Å². The van der Waals surface area contributed by atoms with Crippen LogP contribution in [0.15, 0.2) is 0 Å². The van der Waals surface area contributed by atoms with Gasteiger partial charge in [-0.05, 0) is 31.2 Å². The largest absolute Gasteiger partial charge is 0.354 e.